The van der Waals surface area contributed by atoms with Crippen LogP contribution < -0.4 is 11.5 Å². The van der Waals surface area contributed by atoms with E-state index >= 15 is 0 Å². The predicted molar refractivity (Wildman–Crippen MR) is 64.2 cm³/mol. The zero-order chi connectivity index (χ0) is 13.4. The smallest absolute Gasteiger partial charge is 0.126 e. The fourth-order valence-electron chi connectivity index (χ4n) is 1.16. The fraction of sp³-hybridized carbons (Fsp3) is 0.167. The molecule has 18 heavy (non-hydrogen) atoms. The van der Waals surface area contributed by atoms with E-state index in [-0.39, 0.29) is 6.54 Å². The van der Waals surface area contributed by atoms with Crippen LogP contribution in [0.15, 0.2) is 36.8 Å². The average Bonchev–Trinajstić information content (AvgIpc) is 2.39. The molecule has 0 aliphatic carbocycles. The van der Waals surface area contributed by atoms with E-state index < -0.39 is 11.6 Å². The zero-order valence-corrected chi connectivity index (χ0v) is 9.68. The number of hydrogen-bond acceptors (Lipinski definition) is 4. The van der Waals surface area contributed by atoms with Crippen LogP contribution in [0.25, 0.3) is 0 Å². The Morgan fingerprint density at radius 1 is 0.944 bits per heavy atom. The highest BCUT2D eigenvalue weighted by atomic mass is 19.1. The number of benzene rings is 1. The maximum atomic E-state index is 12.3. The first-order valence-corrected chi connectivity index (χ1v) is 5.25. The molecule has 0 aliphatic heterocycles. The largest absolute Gasteiger partial charge is 0.326 e. The molecule has 0 aliphatic rings. The molecule has 2 rings (SSSR count). The quantitative estimate of drug-likeness (QED) is 0.846. The van der Waals surface area contributed by atoms with Crippen molar-refractivity contribution in [1.29, 1.82) is 0 Å². The molecule has 0 atom stereocenters. The maximum Gasteiger partial charge on any atom is 0.126 e. The number of rotatable bonds is 2. The van der Waals surface area contributed by atoms with Crippen molar-refractivity contribution in [1.82, 2.24) is 9.97 Å². The van der Waals surface area contributed by atoms with Crippen LogP contribution in [-0.2, 0) is 13.1 Å². The van der Waals surface area contributed by atoms with Crippen LogP contribution in [0.4, 0.5) is 8.78 Å². The van der Waals surface area contributed by atoms with E-state index in [1.807, 2.05) is 0 Å². The molecular weight excluding hydrogens is 238 g/mol. The lowest BCUT2D eigenvalue weighted by Gasteiger charge is -1.95. The summed E-state index contributed by atoms with van der Waals surface area (Å²) in [4.78, 5) is 7.72. The van der Waals surface area contributed by atoms with Crippen molar-refractivity contribution in [3.8, 4) is 0 Å². The lowest BCUT2D eigenvalue weighted by Crippen LogP contribution is -1.98. The summed E-state index contributed by atoms with van der Waals surface area (Å²) in [5, 5.41) is 0. The average molecular weight is 252 g/mol. The third kappa shape index (κ3) is 4.94. The lowest BCUT2D eigenvalue weighted by atomic mass is 10.2. The van der Waals surface area contributed by atoms with Crippen LogP contribution in [-0.4, -0.2) is 9.97 Å². The summed E-state index contributed by atoms with van der Waals surface area (Å²) >= 11 is 0. The predicted octanol–water partition coefficient (Wildman–Crippen LogP) is 1.36. The van der Waals surface area contributed by atoms with Crippen LogP contribution in [0, 0.1) is 11.6 Å². The van der Waals surface area contributed by atoms with Gasteiger partial charge in [0, 0.05) is 37.7 Å². The molecule has 2 aromatic rings. The van der Waals surface area contributed by atoms with E-state index in [1.54, 1.807) is 18.6 Å². The molecular formula is C12H14F2N4. The summed E-state index contributed by atoms with van der Waals surface area (Å²) in [5.74, 6) is -1.17. The standard InChI is InChI=1S/C7H7F2N.C5H7N3/c8-6-1-5(4-10)2-7(9)3-6;6-3-5-4-7-1-2-8-5/h1-3H,4,10H2;1-2,4H,3,6H2. The van der Waals surface area contributed by atoms with Gasteiger partial charge in [-0.3, -0.25) is 9.97 Å². The fourth-order valence-corrected chi connectivity index (χ4v) is 1.16. The zero-order valence-electron chi connectivity index (χ0n) is 9.68. The second-order valence-electron chi connectivity index (χ2n) is 3.38. The molecule has 1 aromatic carbocycles. The van der Waals surface area contributed by atoms with Gasteiger partial charge >= 0.3 is 0 Å². The Morgan fingerprint density at radius 2 is 1.61 bits per heavy atom. The van der Waals surface area contributed by atoms with Gasteiger partial charge in [-0.15, -0.1) is 0 Å². The molecule has 0 unspecified atom stereocenters. The molecule has 4 N–H and O–H groups in total. The third-order valence-electron chi connectivity index (χ3n) is 1.98. The van der Waals surface area contributed by atoms with Gasteiger partial charge < -0.3 is 11.5 Å². The number of aromatic nitrogens is 2. The van der Waals surface area contributed by atoms with Gasteiger partial charge in [0.2, 0.25) is 0 Å². The number of nitrogens with two attached hydrogens (primary N) is 2. The lowest BCUT2D eigenvalue weighted by molar-refractivity contribution is 0.580. The van der Waals surface area contributed by atoms with Crippen molar-refractivity contribution in [2.45, 2.75) is 13.1 Å². The first-order chi connectivity index (χ1) is 8.65. The van der Waals surface area contributed by atoms with Crippen molar-refractivity contribution in [3.05, 3.63) is 59.7 Å². The molecule has 0 fully saturated rings. The minimum Gasteiger partial charge on any atom is -0.326 e. The summed E-state index contributed by atoms with van der Waals surface area (Å²) in [7, 11) is 0. The molecule has 1 aromatic heterocycles. The van der Waals surface area contributed by atoms with Crippen LogP contribution in [0.5, 0.6) is 0 Å². The van der Waals surface area contributed by atoms with Gasteiger partial charge in [0.25, 0.3) is 0 Å². The highest BCUT2D eigenvalue weighted by Gasteiger charge is 1.96. The highest BCUT2D eigenvalue weighted by molar-refractivity contribution is 5.17. The monoisotopic (exact) mass is 252 g/mol. The molecule has 96 valence electrons. The summed E-state index contributed by atoms with van der Waals surface area (Å²) in [6.45, 7) is 0.627. The van der Waals surface area contributed by atoms with E-state index in [4.69, 9.17) is 11.5 Å². The molecule has 0 amide bonds. The van der Waals surface area contributed by atoms with Crippen LogP contribution in [0.2, 0.25) is 0 Å². The van der Waals surface area contributed by atoms with Crippen molar-refractivity contribution >= 4 is 0 Å². The molecule has 0 spiro atoms. The van der Waals surface area contributed by atoms with E-state index in [2.05, 4.69) is 9.97 Å². The Labute approximate surface area is 104 Å². The molecule has 1 heterocycles. The summed E-state index contributed by atoms with van der Waals surface area (Å²) in [5.41, 5.74) is 11.7. The van der Waals surface area contributed by atoms with Crippen molar-refractivity contribution in [2.75, 3.05) is 0 Å². The highest BCUT2D eigenvalue weighted by Crippen LogP contribution is 2.06. The Morgan fingerprint density at radius 3 is 2.00 bits per heavy atom. The Bertz CT molecular complexity index is 457. The molecule has 0 saturated carbocycles. The van der Waals surface area contributed by atoms with Gasteiger partial charge in [-0.05, 0) is 17.7 Å². The Balaban J connectivity index is 0.000000184. The van der Waals surface area contributed by atoms with Gasteiger partial charge in [0.05, 0.1) is 5.69 Å². The first kappa shape index (κ1) is 14.1. The molecule has 0 bridgehead atoms. The van der Waals surface area contributed by atoms with Gasteiger partial charge in [-0.1, -0.05) is 0 Å². The third-order valence-corrected chi connectivity index (χ3v) is 1.98. The minimum atomic E-state index is -0.583. The number of halogens is 2. The van der Waals surface area contributed by atoms with Crippen LogP contribution in [0.3, 0.4) is 0 Å². The second kappa shape index (κ2) is 7.41. The number of nitrogens with zero attached hydrogens (tertiary/aromatic N) is 2. The summed E-state index contributed by atoms with van der Waals surface area (Å²) in [6.07, 6.45) is 4.90. The maximum absolute atomic E-state index is 12.3. The van der Waals surface area contributed by atoms with Gasteiger partial charge in [-0.25, -0.2) is 8.78 Å². The van der Waals surface area contributed by atoms with Gasteiger partial charge in [0.15, 0.2) is 0 Å². The Kier molecular flexibility index (Phi) is 5.83. The van der Waals surface area contributed by atoms with Crippen LogP contribution in [0.1, 0.15) is 11.3 Å². The van der Waals surface area contributed by atoms with Crippen molar-refractivity contribution in [2.24, 2.45) is 11.5 Å². The topological polar surface area (TPSA) is 77.8 Å². The van der Waals surface area contributed by atoms with E-state index in [0.29, 0.717) is 12.1 Å². The van der Waals surface area contributed by atoms with E-state index in [1.165, 1.54) is 12.1 Å². The Hall–Kier alpha value is -1.92. The minimum absolute atomic E-state index is 0.161. The molecule has 6 heteroatoms. The van der Waals surface area contributed by atoms with E-state index in [9.17, 15) is 8.78 Å². The van der Waals surface area contributed by atoms with Crippen molar-refractivity contribution < 1.29 is 8.78 Å². The van der Waals surface area contributed by atoms with E-state index in [0.717, 1.165) is 11.8 Å². The molecule has 4 nitrogen and oxygen atoms in total. The van der Waals surface area contributed by atoms with Gasteiger partial charge in [-0.2, -0.15) is 0 Å². The van der Waals surface area contributed by atoms with Crippen LogP contribution >= 0.6 is 0 Å². The second-order valence-corrected chi connectivity index (χ2v) is 3.38. The normalized spacial score (nSPS) is 9.56. The first-order valence-electron chi connectivity index (χ1n) is 5.25. The summed E-state index contributed by atoms with van der Waals surface area (Å²) in [6, 6.07) is 3.24. The van der Waals surface area contributed by atoms with Crippen molar-refractivity contribution in [3.63, 3.8) is 0 Å². The summed E-state index contributed by atoms with van der Waals surface area (Å²) < 4.78 is 24.6. The molecule has 0 saturated heterocycles. The molecule has 0 radical (unpaired) electrons. The SMILES string of the molecule is NCc1cc(F)cc(F)c1.NCc1cnccn1. The van der Waals surface area contributed by atoms with Gasteiger partial charge in [0.1, 0.15) is 11.6 Å². The number of hydrogen-bond donors (Lipinski definition) is 2.